The number of aryl methyl sites for hydroxylation is 1. The lowest BCUT2D eigenvalue weighted by Gasteiger charge is -2.42. The second-order valence-corrected chi connectivity index (χ2v) is 8.35. The van der Waals surface area contributed by atoms with Gasteiger partial charge >= 0.3 is 0 Å². The van der Waals surface area contributed by atoms with Crippen molar-refractivity contribution in [3.8, 4) is 0 Å². The molecule has 3 atom stereocenters. The second-order valence-electron chi connectivity index (χ2n) is 7.46. The van der Waals surface area contributed by atoms with Crippen LogP contribution in [-0.4, -0.2) is 34.4 Å². The van der Waals surface area contributed by atoms with E-state index >= 15 is 0 Å². The molecule has 1 saturated heterocycles. The highest BCUT2D eigenvalue weighted by Crippen LogP contribution is 2.35. The van der Waals surface area contributed by atoms with Crippen LogP contribution in [0.3, 0.4) is 0 Å². The Labute approximate surface area is 167 Å². The third-order valence-corrected chi connectivity index (χ3v) is 6.62. The van der Waals surface area contributed by atoms with Gasteiger partial charge in [0, 0.05) is 29.9 Å². The molecule has 144 valence electrons. The van der Waals surface area contributed by atoms with E-state index in [4.69, 9.17) is 10.7 Å². The average molecular weight is 408 g/mol. The van der Waals surface area contributed by atoms with E-state index in [0.29, 0.717) is 5.92 Å². The Kier molecular flexibility index (Phi) is 8.65. The van der Waals surface area contributed by atoms with Crippen molar-refractivity contribution in [2.24, 2.45) is 11.7 Å². The van der Waals surface area contributed by atoms with Gasteiger partial charge in [-0.3, -0.25) is 4.79 Å². The van der Waals surface area contributed by atoms with E-state index in [0.717, 1.165) is 58.0 Å². The highest BCUT2D eigenvalue weighted by atomic mass is 35.5. The summed E-state index contributed by atoms with van der Waals surface area (Å²) in [6, 6.07) is 0. The van der Waals surface area contributed by atoms with Crippen LogP contribution in [0.15, 0.2) is 5.38 Å². The Morgan fingerprint density at radius 2 is 2.12 bits per heavy atom. The summed E-state index contributed by atoms with van der Waals surface area (Å²) < 4.78 is 0. The molecule has 25 heavy (non-hydrogen) atoms. The lowest BCUT2D eigenvalue weighted by molar-refractivity contribution is -0.140. The fourth-order valence-corrected chi connectivity index (χ4v) is 5.07. The molecule has 2 N–H and O–H groups in total. The smallest absolute Gasteiger partial charge is 0.227 e. The minimum atomic E-state index is -0.334. The molecular formula is C18H31Cl2N3OS. The van der Waals surface area contributed by atoms with E-state index in [9.17, 15) is 4.79 Å². The number of thiazole rings is 1. The molecule has 3 rings (SSSR count). The Morgan fingerprint density at radius 3 is 2.76 bits per heavy atom. The molecule has 0 radical (unpaired) electrons. The molecule has 1 amide bonds. The summed E-state index contributed by atoms with van der Waals surface area (Å²) >= 11 is 1.76. The quantitative estimate of drug-likeness (QED) is 0.817. The van der Waals surface area contributed by atoms with Gasteiger partial charge in [0.15, 0.2) is 0 Å². The van der Waals surface area contributed by atoms with Gasteiger partial charge in [0.25, 0.3) is 0 Å². The van der Waals surface area contributed by atoms with Gasteiger partial charge in [-0.25, -0.2) is 4.98 Å². The van der Waals surface area contributed by atoms with Gasteiger partial charge in [-0.1, -0.05) is 19.8 Å². The first-order valence-corrected chi connectivity index (χ1v) is 9.91. The molecule has 1 aromatic heterocycles. The summed E-state index contributed by atoms with van der Waals surface area (Å²) in [5.41, 5.74) is 7.28. The first-order chi connectivity index (χ1) is 11.0. The number of rotatable bonds is 3. The predicted octanol–water partition coefficient (Wildman–Crippen LogP) is 4.16. The van der Waals surface area contributed by atoms with Gasteiger partial charge in [0.05, 0.1) is 16.6 Å². The van der Waals surface area contributed by atoms with Crippen molar-refractivity contribution in [3.63, 3.8) is 0 Å². The number of carbonyl (C=O) groups excluding carboxylic acids is 1. The zero-order valence-corrected chi connectivity index (χ0v) is 17.7. The minimum absolute atomic E-state index is 0. The van der Waals surface area contributed by atoms with Crippen molar-refractivity contribution in [1.29, 1.82) is 0 Å². The highest BCUT2D eigenvalue weighted by molar-refractivity contribution is 7.09. The summed E-state index contributed by atoms with van der Waals surface area (Å²) in [5, 5.41) is 3.37. The Balaban J connectivity index is 0.00000156. The molecule has 1 aromatic rings. The van der Waals surface area contributed by atoms with Crippen molar-refractivity contribution in [3.05, 3.63) is 16.1 Å². The first kappa shape index (κ1) is 22.7. The normalized spacial score (nSPS) is 29.5. The number of aromatic nitrogens is 1. The monoisotopic (exact) mass is 407 g/mol. The Bertz CT molecular complexity index is 564. The number of likely N-dealkylation sites (tertiary alicyclic amines) is 1. The summed E-state index contributed by atoms with van der Waals surface area (Å²) in [6.07, 6.45) is 7.40. The maximum Gasteiger partial charge on any atom is 0.227 e. The van der Waals surface area contributed by atoms with E-state index < -0.39 is 0 Å². The summed E-state index contributed by atoms with van der Waals surface area (Å²) in [6.45, 7) is 5.90. The maximum absolute atomic E-state index is 13.0. The van der Waals surface area contributed by atoms with E-state index in [2.05, 4.69) is 24.1 Å². The van der Waals surface area contributed by atoms with E-state index in [1.165, 1.54) is 10.7 Å². The van der Waals surface area contributed by atoms with Crippen LogP contribution in [0.2, 0.25) is 0 Å². The summed E-state index contributed by atoms with van der Waals surface area (Å²) in [7, 11) is 0. The number of hydrogen-bond donors (Lipinski definition) is 1. The number of piperidine rings is 1. The number of nitrogens with zero attached hydrogens (tertiary/aromatic N) is 2. The number of carbonyl (C=O) groups is 1. The van der Waals surface area contributed by atoms with Crippen molar-refractivity contribution >= 4 is 42.1 Å². The fraction of sp³-hybridized carbons (Fsp3) is 0.778. The third kappa shape index (κ3) is 5.09. The van der Waals surface area contributed by atoms with Crippen molar-refractivity contribution < 1.29 is 4.79 Å². The first-order valence-electron chi connectivity index (χ1n) is 9.03. The third-order valence-electron chi connectivity index (χ3n) is 5.57. The number of halogens is 2. The zero-order chi connectivity index (χ0) is 16.4. The molecule has 3 unspecified atom stereocenters. The van der Waals surface area contributed by atoms with Crippen molar-refractivity contribution in [2.45, 2.75) is 70.3 Å². The minimum Gasteiger partial charge on any atom is -0.342 e. The van der Waals surface area contributed by atoms with Crippen molar-refractivity contribution in [2.75, 3.05) is 13.1 Å². The van der Waals surface area contributed by atoms with Crippen LogP contribution in [0, 0.1) is 5.92 Å². The lowest BCUT2D eigenvalue weighted by Crippen LogP contribution is -2.55. The zero-order valence-electron chi connectivity index (χ0n) is 15.2. The van der Waals surface area contributed by atoms with E-state index in [-0.39, 0.29) is 42.2 Å². The fourth-order valence-electron chi connectivity index (χ4n) is 4.04. The van der Waals surface area contributed by atoms with Gasteiger partial charge in [-0.2, -0.15) is 0 Å². The van der Waals surface area contributed by atoms with Gasteiger partial charge in [0.2, 0.25) is 5.91 Å². The average Bonchev–Trinajstić information content (AvgIpc) is 3.03. The standard InChI is InChI=1S/C18H29N3OS.2ClH/c1-3-14-12-23-16(20-14)13-7-6-10-21(11-13)17(22)15-8-4-5-9-18(15,2)19;;/h12-13,15H,3-11,19H2,1-2H3;2*1H. The molecule has 1 aliphatic heterocycles. The Hall–Kier alpha value is -0.360. The van der Waals surface area contributed by atoms with Crippen LogP contribution in [0.25, 0.3) is 0 Å². The molecule has 2 aliphatic rings. The number of hydrogen-bond acceptors (Lipinski definition) is 4. The highest BCUT2D eigenvalue weighted by Gasteiger charge is 2.41. The Morgan fingerprint density at radius 1 is 1.36 bits per heavy atom. The predicted molar refractivity (Wildman–Crippen MR) is 109 cm³/mol. The molecule has 4 nitrogen and oxygen atoms in total. The van der Waals surface area contributed by atoms with Crippen LogP contribution in [-0.2, 0) is 11.2 Å². The SMILES string of the molecule is CCc1csc(C2CCCN(C(=O)C3CCCCC3(C)N)C2)n1.Cl.Cl. The van der Waals surface area contributed by atoms with Crippen LogP contribution < -0.4 is 5.73 Å². The van der Waals surface area contributed by atoms with Crippen molar-refractivity contribution in [1.82, 2.24) is 9.88 Å². The molecule has 0 spiro atoms. The molecule has 1 saturated carbocycles. The van der Waals surface area contributed by atoms with Crippen LogP contribution in [0.4, 0.5) is 0 Å². The largest absolute Gasteiger partial charge is 0.342 e. The van der Waals surface area contributed by atoms with Gasteiger partial charge in [-0.15, -0.1) is 36.2 Å². The van der Waals surface area contributed by atoms with Crippen LogP contribution in [0.5, 0.6) is 0 Å². The topological polar surface area (TPSA) is 59.2 Å². The molecule has 2 fully saturated rings. The molecule has 0 aromatic carbocycles. The van der Waals surface area contributed by atoms with E-state index in [1.54, 1.807) is 11.3 Å². The summed E-state index contributed by atoms with van der Waals surface area (Å²) in [5.74, 6) is 0.690. The second kappa shape index (κ2) is 9.54. The van der Waals surface area contributed by atoms with Gasteiger partial charge in [0.1, 0.15) is 0 Å². The number of nitrogens with two attached hydrogens (primary N) is 1. The molecule has 2 heterocycles. The molecular weight excluding hydrogens is 377 g/mol. The van der Waals surface area contributed by atoms with Gasteiger partial charge < -0.3 is 10.6 Å². The lowest BCUT2D eigenvalue weighted by atomic mass is 9.73. The molecule has 7 heteroatoms. The van der Waals surface area contributed by atoms with Crippen LogP contribution >= 0.6 is 36.2 Å². The van der Waals surface area contributed by atoms with Gasteiger partial charge in [-0.05, 0) is 39.0 Å². The maximum atomic E-state index is 13.0. The molecule has 1 aliphatic carbocycles. The number of amides is 1. The van der Waals surface area contributed by atoms with Crippen LogP contribution in [0.1, 0.15) is 69.0 Å². The molecule has 0 bridgehead atoms. The van der Waals surface area contributed by atoms with E-state index in [1.807, 2.05) is 0 Å². The summed E-state index contributed by atoms with van der Waals surface area (Å²) in [4.78, 5) is 19.9.